The topological polar surface area (TPSA) is 96.5 Å². The van der Waals surface area contributed by atoms with E-state index in [0.717, 1.165) is 0 Å². The van der Waals surface area contributed by atoms with Crippen molar-refractivity contribution < 1.29 is 27.5 Å². The maximum absolute atomic E-state index is 13.8. The quantitative estimate of drug-likeness (QED) is 0.597. The molecule has 2 heterocycles. The number of benzene rings is 1. The third kappa shape index (κ3) is 5.56. The molecule has 1 aromatic carbocycles. The number of piperidine rings is 1. The van der Waals surface area contributed by atoms with Crippen LogP contribution in [0.2, 0.25) is 0 Å². The fourth-order valence-corrected chi connectivity index (χ4v) is 6.28. The van der Waals surface area contributed by atoms with Crippen molar-refractivity contribution >= 4 is 21.9 Å². The number of sulfonamides is 1. The van der Waals surface area contributed by atoms with Gasteiger partial charge in [-0.25, -0.2) is 13.2 Å². The molecule has 0 saturated carbocycles. The second kappa shape index (κ2) is 9.32. The lowest BCUT2D eigenvalue weighted by molar-refractivity contribution is -0.0918. The van der Waals surface area contributed by atoms with E-state index in [4.69, 9.17) is 9.47 Å². The van der Waals surface area contributed by atoms with Gasteiger partial charge in [0.15, 0.2) is 5.78 Å². The normalized spacial score (nSPS) is 21.5. The molecule has 2 aliphatic heterocycles. The Labute approximate surface area is 196 Å². The zero-order chi connectivity index (χ0) is 24.6. The van der Waals surface area contributed by atoms with Crippen LogP contribution >= 0.6 is 0 Å². The van der Waals surface area contributed by atoms with E-state index in [-0.39, 0.29) is 23.3 Å². The number of rotatable bonds is 5. The minimum Gasteiger partial charge on any atom is -0.444 e. The molecule has 0 aromatic heterocycles. The van der Waals surface area contributed by atoms with Gasteiger partial charge in [-0.05, 0) is 53.9 Å². The lowest BCUT2D eigenvalue weighted by atomic mass is 10.0. The van der Waals surface area contributed by atoms with E-state index in [1.165, 1.54) is 35.5 Å². The molecule has 3 rings (SSSR count). The molecule has 0 radical (unpaired) electrons. The van der Waals surface area contributed by atoms with Gasteiger partial charge >= 0.3 is 6.09 Å². The molecule has 1 amide bonds. The molecule has 9 nitrogen and oxygen atoms in total. The number of amides is 1. The van der Waals surface area contributed by atoms with Gasteiger partial charge in [-0.1, -0.05) is 12.1 Å². The average molecular weight is 482 g/mol. The summed E-state index contributed by atoms with van der Waals surface area (Å²) in [6.07, 6.45) is 0.288. The number of ether oxygens (including phenoxy) is 2. The van der Waals surface area contributed by atoms with Crippen molar-refractivity contribution in [3.05, 3.63) is 29.8 Å². The Morgan fingerprint density at radius 2 is 1.73 bits per heavy atom. The predicted octanol–water partition coefficient (Wildman–Crippen LogP) is 2.57. The number of hydrogen-bond donors (Lipinski definition) is 0. The number of carbonyl (C=O) groups is 2. The van der Waals surface area contributed by atoms with Gasteiger partial charge in [0.25, 0.3) is 0 Å². The number of carbonyl (C=O) groups excluding carboxylic acids is 2. The number of ketones is 1. The second-order valence-corrected chi connectivity index (χ2v) is 11.8. The highest BCUT2D eigenvalue weighted by Crippen LogP contribution is 2.41. The lowest BCUT2D eigenvalue weighted by Crippen LogP contribution is -2.58. The highest BCUT2D eigenvalue weighted by molar-refractivity contribution is 7.89. The molecular formula is C23H35N3O6S. The van der Waals surface area contributed by atoms with Crippen molar-refractivity contribution in [1.29, 1.82) is 0 Å². The summed E-state index contributed by atoms with van der Waals surface area (Å²) < 4.78 is 40.8. The van der Waals surface area contributed by atoms with Crippen LogP contribution in [0.25, 0.3) is 0 Å². The van der Waals surface area contributed by atoms with Gasteiger partial charge < -0.3 is 19.3 Å². The first-order valence-corrected chi connectivity index (χ1v) is 12.6. The van der Waals surface area contributed by atoms with Crippen LogP contribution in [0, 0.1) is 0 Å². The second-order valence-electron chi connectivity index (χ2n) is 10.0. The van der Waals surface area contributed by atoms with Gasteiger partial charge in [0.05, 0.1) is 17.5 Å². The minimum atomic E-state index is -3.91. The Bertz CT molecular complexity index is 976. The largest absolute Gasteiger partial charge is 0.444 e. The molecule has 184 valence electrons. The Kier molecular flexibility index (Phi) is 7.24. The van der Waals surface area contributed by atoms with E-state index in [1.54, 1.807) is 4.90 Å². The van der Waals surface area contributed by atoms with Crippen molar-refractivity contribution in [2.24, 2.45) is 0 Å². The zero-order valence-corrected chi connectivity index (χ0v) is 21.1. The molecule has 2 fully saturated rings. The van der Waals surface area contributed by atoms with Crippen LogP contribution in [-0.2, 0) is 19.5 Å². The van der Waals surface area contributed by atoms with Crippen LogP contribution in [0.5, 0.6) is 0 Å². The molecule has 1 unspecified atom stereocenters. The molecule has 1 aromatic rings. The monoisotopic (exact) mass is 481 g/mol. The molecule has 2 saturated heterocycles. The van der Waals surface area contributed by atoms with Crippen molar-refractivity contribution in [3.8, 4) is 0 Å². The molecular weight excluding hydrogens is 446 g/mol. The van der Waals surface area contributed by atoms with Crippen LogP contribution in [0.15, 0.2) is 29.2 Å². The van der Waals surface area contributed by atoms with Gasteiger partial charge in [0, 0.05) is 38.0 Å². The fourth-order valence-electron chi connectivity index (χ4n) is 4.38. The third-order valence-electron chi connectivity index (χ3n) is 5.87. The molecule has 0 aliphatic carbocycles. The molecule has 0 bridgehead atoms. The van der Waals surface area contributed by atoms with Crippen LogP contribution in [0.4, 0.5) is 4.79 Å². The van der Waals surface area contributed by atoms with Gasteiger partial charge in [-0.2, -0.15) is 4.31 Å². The molecule has 1 atom stereocenters. The number of likely N-dealkylation sites (N-methyl/N-ethyl adjacent to an activating group) is 1. The Morgan fingerprint density at radius 1 is 1.15 bits per heavy atom. The SMILES string of the molecule is CC(=O)c1ccc(S(=O)(=O)N2C(CN(C)C)COC23CCN(C(=O)OC(C)(C)C)CC3)cc1. The summed E-state index contributed by atoms with van der Waals surface area (Å²) in [6, 6.07) is 5.64. The summed E-state index contributed by atoms with van der Waals surface area (Å²) in [6.45, 7) is 8.32. The van der Waals surface area contributed by atoms with Crippen molar-refractivity contribution in [2.75, 3.05) is 40.3 Å². The Balaban J connectivity index is 1.89. The maximum Gasteiger partial charge on any atom is 0.410 e. The predicted molar refractivity (Wildman–Crippen MR) is 124 cm³/mol. The number of likely N-dealkylation sites (tertiary alicyclic amines) is 1. The van der Waals surface area contributed by atoms with Crippen LogP contribution in [0.1, 0.15) is 50.9 Å². The molecule has 1 spiro atoms. The average Bonchev–Trinajstić information content (AvgIpc) is 3.04. The molecule has 2 aliphatic rings. The first-order valence-electron chi connectivity index (χ1n) is 11.2. The Hall–Kier alpha value is -2.01. The highest BCUT2D eigenvalue weighted by atomic mass is 32.2. The van der Waals surface area contributed by atoms with E-state index < -0.39 is 27.4 Å². The number of Topliss-reactive ketones (excluding diaryl/α,β-unsaturated/α-hetero) is 1. The summed E-state index contributed by atoms with van der Waals surface area (Å²) in [4.78, 5) is 27.8. The summed E-state index contributed by atoms with van der Waals surface area (Å²) in [7, 11) is -0.132. The standard InChI is InChI=1S/C23H35N3O6S/c1-17(27)18-7-9-20(10-8-18)33(29,30)26-19(15-24(5)6)16-31-23(26)11-13-25(14-12-23)21(28)32-22(2,3)4/h7-10,19H,11-16H2,1-6H3. The van der Waals surface area contributed by atoms with Gasteiger partial charge in [-0.3, -0.25) is 4.79 Å². The van der Waals surface area contributed by atoms with Crippen LogP contribution in [0.3, 0.4) is 0 Å². The fraction of sp³-hybridized carbons (Fsp3) is 0.652. The van der Waals surface area contributed by atoms with Gasteiger partial charge in [0.2, 0.25) is 10.0 Å². The number of nitrogens with zero attached hydrogens (tertiary/aromatic N) is 3. The van der Waals surface area contributed by atoms with Crippen molar-refractivity contribution in [1.82, 2.24) is 14.1 Å². The van der Waals surface area contributed by atoms with Crippen LogP contribution < -0.4 is 0 Å². The molecule has 33 heavy (non-hydrogen) atoms. The third-order valence-corrected chi connectivity index (χ3v) is 7.88. The summed E-state index contributed by atoms with van der Waals surface area (Å²) in [5, 5.41) is 0. The van der Waals surface area contributed by atoms with Crippen LogP contribution in [-0.4, -0.2) is 92.1 Å². The maximum atomic E-state index is 13.8. The van der Waals surface area contributed by atoms with E-state index >= 15 is 0 Å². The zero-order valence-electron chi connectivity index (χ0n) is 20.3. The summed E-state index contributed by atoms with van der Waals surface area (Å²) in [5.41, 5.74) is -1.18. The van der Waals surface area contributed by atoms with E-state index in [0.29, 0.717) is 38.0 Å². The smallest absolute Gasteiger partial charge is 0.410 e. The van der Waals surface area contributed by atoms with Crippen molar-refractivity contribution in [2.45, 2.75) is 62.8 Å². The summed E-state index contributed by atoms with van der Waals surface area (Å²) >= 11 is 0. The summed E-state index contributed by atoms with van der Waals surface area (Å²) in [5.74, 6) is -0.125. The van der Waals surface area contributed by atoms with Gasteiger partial charge in [-0.15, -0.1) is 0 Å². The Morgan fingerprint density at radius 3 is 2.21 bits per heavy atom. The van der Waals surface area contributed by atoms with E-state index in [2.05, 4.69) is 0 Å². The van der Waals surface area contributed by atoms with E-state index in [9.17, 15) is 18.0 Å². The highest BCUT2D eigenvalue weighted by Gasteiger charge is 2.55. The van der Waals surface area contributed by atoms with E-state index in [1.807, 2.05) is 39.8 Å². The van der Waals surface area contributed by atoms with Gasteiger partial charge in [0.1, 0.15) is 11.3 Å². The number of hydrogen-bond acceptors (Lipinski definition) is 7. The first-order chi connectivity index (χ1) is 15.2. The minimum absolute atomic E-state index is 0.121. The first kappa shape index (κ1) is 25.6. The van der Waals surface area contributed by atoms with Crippen molar-refractivity contribution in [3.63, 3.8) is 0 Å². The molecule has 10 heteroatoms. The molecule has 0 N–H and O–H groups in total. The lowest BCUT2D eigenvalue weighted by Gasteiger charge is -2.44.